The zero-order valence-electron chi connectivity index (χ0n) is 7.50. The van der Waals surface area contributed by atoms with Crippen LogP contribution in [0.2, 0.25) is 0 Å². The van der Waals surface area contributed by atoms with Crippen LogP contribution >= 0.6 is 22.6 Å². The van der Waals surface area contributed by atoms with Crippen molar-refractivity contribution in [2.75, 3.05) is 0 Å². The molecular formula is C12H8IN. The van der Waals surface area contributed by atoms with Crippen molar-refractivity contribution < 1.29 is 0 Å². The summed E-state index contributed by atoms with van der Waals surface area (Å²) in [5.74, 6) is 0. The molecule has 68 valence electrons. The standard InChI is InChI=1S/C12H8IN/c13-9-5-3-7-11-12(9)8-4-1-2-6-10(8)14-11/h1-5,7H,6H2. The van der Waals surface area contributed by atoms with Gasteiger partial charge in [-0.1, -0.05) is 24.3 Å². The summed E-state index contributed by atoms with van der Waals surface area (Å²) in [4.78, 5) is 4.63. The quantitative estimate of drug-likeness (QED) is 0.646. The average Bonchev–Trinajstić information content (AvgIpc) is 2.57. The Labute approximate surface area is 96.4 Å². The molecule has 0 bridgehead atoms. The number of halogens is 1. The summed E-state index contributed by atoms with van der Waals surface area (Å²) in [5, 5.41) is 0. The number of hydrogen-bond acceptors (Lipinski definition) is 1. The zero-order valence-corrected chi connectivity index (χ0v) is 9.65. The lowest BCUT2D eigenvalue weighted by Gasteiger charge is -2.06. The zero-order chi connectivity index (χ0) is 9.54. The lowest BCUT2D eigenvalue weighted by atomic mass is 9.98. The molecule has 0 aromatic heterocycles. The summed E-state index contributed by atoms with van der Waals surface area (Å²) in [5.41, 5.74) is 4.97. The van der Waals surface area contributed by atoms with Gasteiger partial charge in [0.1, 0.15) is 0 Å². The highest BCUT2D eigenvalue weighted by Crippen LogP contribution is 2.39. The van der Waals surface area contributed by atoms with E-state index in [1.54, 1.807) is 0 Å². The number of fused-ring (bicyclic) bond motifs is 3. The summed E-state index contributed by atoms with van der Waals surface area (Å²) in [7, 11) is 0. The van der Waals surface area contributed by atoms with Crippen molar-refractivity contribution in [3.63, 3.8) is 0 Å². The normalized spacial score (nSPS) is 17.2. The van der Waals surface area contributed by atoms with Crippen LogP contribution in [0, 0.1) is 3.57 Å². The molecule has 1 aromatic rings. The molecule has 1 heterocycles. The molecular weight excluding hydrogens is 285 g/mol. The van der Waals surface area contributed by atoms with E-state index in [1.807, 2.05) is 0 Å². The average molecular weight is 293 g/mol. The molecule has 0 fully saturated rings. The Kier molecular flexibility index (Phi) is 1.83. The maximum absolute atomic E-state index is 4.63. The van der Waals surface area contributed by atoms with E-state index in [1.165, 1.54) is 20.4 Å². The van der Waals surface area contributed by atoms with Crippen LogP contribution in [-0.2, 0) is 0 Å². The van der Waals surface area contributed by atoms with E-state index in [-0.39, 0.29) is 0 Å². The van der Waals surface area contributed by atoms with Crippen molar-refractivity contribution in [2.45, 2.75) is 6.42 Å². The number of hydrogen-bond donors (Lipinski definition) is 0. The topological polar surface area (TPSA) is 12.4 Å². The molecule has 14 heavy (non-hydrogen) atoms. The Bertz CT molecular complexity index is 495. The van der Waals surface area contributed by atoms with Gasteiger partial charge >= 0.3 is 0 Å². The van der Waals surface area contributed by atoms with Crippen LogP contribution in [0.25, 0.3) is 5.57 Å². The number of aliphatic imine (C=N–C) groups is 1. The van der Waals surface area contributed by atoms with Crippen LogP contribution < -0.4 is 0 Å². The maximum atomic E-state index is 4.63. The molecule has 1 aliphatic heterocycles. The van der Waals surface area contributed by atoms with E-state index in [9.17, 15) is 0 Å². The van der Waals surface area contributed by atoms with Crippen molar-refractivity contribution in [2.24, 2.45) is 4.99 Å². The first kappa shape index (κ1) is 8.41. The summed E-state index contributed by atoms with van der Waals surface area (Å²) in [6.45, 7) is 0. The molecule has 0 saturated carbocycles. The smallest absolute Gasteiger partial charge is 0.0723 e. The largest absolute Gasteiger partial charge is 0.252 e. The Hall–Kier alpha value is -0.900. The predicted molar refractivity (Wildman–Crippen MR) is 68.0 cm³/mol. The second kappa shape index (κ2) is 3.05. The van der Waals surface area contributed by atoms with E-state index in [0.717, 1.165) is 12.1 Å². The molecule has 1 nitrogen and oxygen atoms in total. The van der Waals surface area contributed by atoms with Gasteiger partial charge in [0.15, 0.2) is 0 Å². The van der Waals surface area contributed by atoms with Gasteiger partial charge in [-0.2, -0.15) is 0 Å². The van der Waals surface area contributed by atoms with Gasteiger partial charge in [-0.25, -0.2) is 0 Å². The fraction of sp³-hybridized carbons (Fsp3) is 0.0833. The highest BCUT2D eigenvalue weighted by atomic mass is 127. The van der Waals surface area contributed by atoms with E-state index in [0.29, 0.717) is 0 Å². The molecule has 0 spiro atoms. The fourth-order valence-electron chi connectivity index (χ4n) is 1.90. The van der Waals surface area contributed by atoms with Crippen LogP contribution in [0.5, 0.6) is 0 Å². The van der Waals surface area contributed by atoms with Crippen molar-refractivity contribution in [1.82, 2.24) is 0 Å². The maximum Gasteiger partial charge on any atom is 0.0723 e. The van der Waals surface area contributed by atoms with Gasteiger partial charge in [0.2, 0.25) is 0 Å². The van der Waals surface area contributed by atoms with E-state index in [2.05, 4.69) is 64.0 Å². The minimum Gasteiger partial charge on any atom is -0.252 e. The third-order valence-electron chi connectivity index (χ3n) is 2.54. The molecule has 2 heteroatoms. The van der Waals surface area contributed by atoms with Crippen molar-refractivity contribution in [3.8, 4) is 0 Å². The lowest BCUT2D eigenvalue weighted by molar-refractivity contribution is 1.44. The monoisotopic (exact) mass is 293 g/mol. The SMILES string of the molecule is Ic1cccc2c1C1=CC=CCC1=N2. The van der Waals surface area contributed by atoms with Crippen LogP contribution in [-0.4, -0.2) is 5.71 Å². The van der Waals surface area contributed by atoms with Crippen LogP contribution in [0.4, 0.5) is 5.69 Å². The second-order valence-electron chi connectivity index (χ2n) is 3.41. The molecule has 0 atom stereocenters. The molecule has 0 radical (unpaired) electrons. The van der Waals surface area contributed by atoms with Crippen molar-refractivity contribution in [3.05, 3.63) is 45.6 Å². The van der Waals surface area contributed by atoms with Gasteiger partial charge in [-0.05, 0) is 34.7 Å². The Morgan fingerprint density at radius 1 is 1.29 bits per heavy atom. The van der Waals surface area contributed by atoms with Crippen LogP contribution in [0.15, 0.2) is 41.4 Å². The van der Waals surface area contributed by atoms with Gasteiger partial charge in [0.25, 0.3) is 0 Å². The predicted octanol–water partition coefficient (Wildman–Crippen LogP) is 3.72. The van der Waals surface area contributed by atoms with Gasteiger partial charge in [-0.15, -0.1) is 0 Å². The summed E-state index contributed by atoms with van der Waals surface area (Å²) >= 11 is 2.38. The minimum atomic E-state index is 0.969. The molecule has 0 unspecified atom stereocenters. The van der Waals surface area contributed by atoms with Gasteiger partial charge in [0, 0.05) is 21.1 Å². The van der Waals surface area contributed by atoms with Crippen molar-refractivity contribution >= 4 is 39.6 Å². The molecule has 0 saturated heterocycles. The van der Waals surface area contributed by atoms with E-state index < -0.39 is 0 Å². The number of nitrogens with zero attached hydrogens (tertiary/aromatic N) is 1. The number of benzene rings is 1. The summed E-state index contributed by atoms with van der Waals surface area (Å²) < 4.78 is 1.29. The van der Waals surface area contributed by atoms with Crippen LogP contribution in [0.3, 0.4) is 0 Å². The minimum absolute atomic E-state index is 0.969. The number of rotatable bonds is 0. The molecule has 1 aliphatic carbocycles. The second-order valence-corrected chi connectivity index (χ2v) is 4.57. The van der Waals surface area contributed by atoms with Gasteiger partial charge in [0.05, 0.1) is 11.4 Å². The highest BCUT2D eigenvalue weighted by molar-refractivity contribution is 14.1. The Balaban J connectivity index is 2.29. The third-order valence-corrected chi connectivity index (χ3v) is 3.44. The third kappa shape index (κ3) is 1.10. The molecule has 0 amide bonds. The van der Waals surface area contributed by atoms with Gasteiger partial charge < -0.3 is 0 Å². The fourth-order valence-corrected chi connectivity index (χ4v) is 2.68. The van der Waals surface area contributed by atoms with Crippen molar-refractivity contribution in [1.29, 1.82) is 0 Å². The number of allylic oxidation sites excluding steroid dienone is 4. The molecule has 1 aromatic carbocycles. The first-order valence-corrected chi connectivity index (χ1v) is 5.68. The summed E-state index contributed by atoms with van der Waals surface area (Å²) in [6.07, 6.45) is 7.40. The van der Waals surface area contributed by atoms with E-state index >= 15 is 0 Å². The lowest BCUT2D eigenvalue weighted by Crippen LogP contribution is -1.99. The van der Waals surface area contributed by atoms with Gasteiger partial charge in [-0.3, -0.25) is 4.99 Å². The van der Waals surface area contributed by atoms with Crippen LogP contribution in [0.1, 0.15) is 12.0 Å². The Morgan fingerprint density at radius 3 is 3.14 bits per heavy atom. The van der Waals surface area contributed by atoms with E-state index in [4.69, 9.17) is 0 Å². The Morgan fingerprint density at radius 2 is 2.21 bits per heavy atom. The first-order chi connectivity index (χ1) is 6.86. The molecule has 0 N–H and O–H groups in total. The first-order valence-electron chi connectivity index (χ1n) is 4.60. The molecule has 3 rings (SSSR count). The summed E-state index contributed by atoms with van der Waals surface area (Å²) in [6, 6.07) is 6.29. The molecule has 2 aliphatic rings. The highest BCUT2D eigenvalue weighted by Gasteiger charge is 2.22.